The number of nitrogens with zero attached hydrogens (tertiary/aromatic N) is 2. The van der Waals surface area contributed by atoms with Crippen LogP contribution in [0.4, 0.5) is 15.8 Å². The molecule has 0 fully saturated rings. The molecular formula is C21H20FN3O. The van der Waals surface area contributed by atoms with Crippen LogP contribution in [0, 0.1) is 5.82 Å². The smallest absolute Gasteiger partial charge is 0.269 e. The lowest BCUT2D eigenvalue weighted by molar-refractivity contribution is 0.0949. The zero-order valence-electron chi connectivity index (χ0n) is 14.5. The first kappa shape index (κ1) is 17.6. The van der Waals surface area contributed by atoms with E-state index in [-0.39, 0.29) is 11.7 Å². The Morgan fingerprint density at radius 2 is 1.77 bits per heavy atom. The zero-order chi connectivity index (χ0) is 18.4. The predicted octanol–water partition coefficient (Wildman–Crippen LogP) is 3.96. The molecule has 3 aromatic rings. The van der Waals surface area contributed by atoms with Gasteiger partial charge in [-0.15, -0.1) is 0 Å². The summed E-state index contributed by atoms with van der Waals surface area (Å²) in [5.41, 5.74) is 2.80. The van der Waals surface area contributed by atoms with Crippen molar-refractivity contribution in [1.29, 1.82) is 0 Å². The molecule has 0 saturated carbocycles. The van der Waals surface area contributed by atoms with E-state index in [2.05, 4.69) is 10.3 Å². The maximum atomic E-state index is 13.6. The number of nitrogens with one attached hydrogen (secondary N) is 1. The first-order chi connectivity index (χ1) is 12.6. The lowest BCUT2D eigenvalue weighted by Crippen LogP contribution is -2.27. The van der Waals surface area contributed by atoms with E-state index in [1.165, 1.54) is 6.07 Å². The first-order valence-electron chi connectivity index (χ1n) is 8.41. The molecule has 1 aromatic heterocycles. The van der Waals surface area contributed by atoms with Crippen molar-refractivity contribution in [2.24, 2.45) is 0 Å². The minimum Gasteiger partial charge on any atom is -0.350 e. The monoisotopic (exact) mass is 349 g/mol. The van der Waals surface area contributed by atoms with Crippen molar-refractivity contribution in [2.45, 2.75) is 6.42 Å². The average Bonchev–Trinajstić information content (AvgIpc) is 2.69. The van der Waals surface area contributed by atoms with Gasteiger partial charge in [-0.2, -0.15) is 0 Å². The van der Waals surface area contributed by atoms with E-state index in [0.717, 1.165) is 11.4 Å². The Morgan fingerprint density at radius 3 is 2.54 bits per heavy atom. The Morgan fingerprint density at radius 1 is 1.04 bits per heavy atom. The van der Waals surface area contributed by atoms with Crippen LogP contribution in [0.25, 0.3) is 0 Å². The summed E-state index contributed by atoms with van der Waals surface area (Å²) in [4.78, 5) is 18.5. The summed E-state index contributed by atoms with van der Waals surface area (Å²) in [6.45, 7) is 0.347. The predicted molar refractivity (Wildman–Crippen MR) is 101 cm³/mol. The first-order valence-corrected chi connectivity index (χ1v) is 8.41. The van der Waals surface area contributed by atoms with Gasteiger partial charge < -0.3 is 10.2 Å². The van der Waals surface area contributed by atoms with E-state index < -0.39 is 0 Å². The summed E-state index contributed by atoms with van der Waals surface area (Å²) in [5.74, 6) is -0.531. The molecule has 26 heavy (non-hydrogen) atoms. The van der Waals surface area contributed by atoms with E-state index in [4.69, 9.17) is 0 Å². The van der Waals surface area contributed by atoms with Crippen LogP contribution in [-0.2, 0) is 6.42 Å². The second-order valence-electron chi connectivity index (χ2n) is 5.89. The van der Waals surface area contributed by atoms with Crippen LogP contribution in [0.15, 0.2) is 72.9 Å². The minimum atomic E-state index is -0.273. The van der Waals surface area contributed by atoms with Gasteiger partial charge in [-0.1, -0.05) is 36.4 Å². The van der Waals surface area contributed by atoms with Gasteiger partial charge in [0, 0.05) is 31.2 Å². The molecule has 1 amide bonds. The maximum Gasteiger partial charge on any atom is 0.269 e. The summed E-state index contributed by atoms with van der Waals surface area (Å²) in [5, 5.41) is 2.79. The normalized spacial score (nSPS) is 10.4. The van der Waals surface area contributed by atoms with Crippen molar-refractivity contribution in [1.82, 2.24) is 10.3 Å². The Bertz CT molecular complexity index is 883. The fourth-order valence-electron chi connectivity index (χ4n) is 2.66. The molecule has 5 heteroatoms. The molecular weight excluding hydrogens is 329 g/mol. The Labute approximate surface area is 152 Å². The van der Waals surface area contributed by atoms with Crippen LogP contribution in [0.1, 0.15) is 16.1 Å². The van der Waals surface area contributed by atoms with Crippen molar-refractivity contribution < 1.29 is 9.18 Å². The van der Waals surface area contributed by atoms with Crippen molar-refractivity contribution >= 4 is 17.3 Å². The molecule has 1 N–H and O–H groups in total. The van der Waals surface area contributed by atoms with Gasteiger partial charge in [-0.25, -0.2) is 4.39 Å². The minimum absolute atomic E-state index is 0.258. The van der Waals surface area contributed by atoms with Gasteiger partial charge in [0.1, 0.15) is 11.5 Å². The lowest BCUT2D eigenvalue weighted by Gasteiger charge is -2.19. The number of benzene rings is 2. The van der Waals surface area contributed by atoms with Crippen molar-refractivity contribution in [2.75, 3.05) is 18.5 Å². The van der Waals surface area contributed by atoms with Gasteiger partial charge in [0.25, 0.3) is 5.91 Å². The van der Waals surface area contributed by atoms with Crippen LogP contribution in [0.2, 0.25) is 0 Å². The number of aromatic nitrogens is 1. The highest BCUT2D eigenvalue weighted by atomic mass is 19.1. The Balaban J connectivity index is 1.64. The van der Waals surface area contributed by atoms with Crippen LogP contribution in [0.3, 0.4) is 0 Å². The average molecular weight is 349 g/mol. The van der Waals surface area contributed by atoms with E-state index in [1.807, 2.05) is 48.3 Å². The van der Waals surface area contributed by atoms with Gasteiger partial charge in [0.05, 0.1) is 0 Å². The summed E-state index contributed by atoms with van der Waals surface area (Å²) >= 11 is 0. The second-order valence-corrected chi connectivity index (χ2v) is 5.89. The van der Waals surface area contributed by atoms with Crippen molar-refractivity contribution in [3.8, 4) is 0 Å². The highest BCUT2D eigenvalue weighted by molar-refractivity contribution is 5.93. The highest BCUT2D eigenvalue weighted by Gasteiger charge is 2.11. The number of carbonyl (C=O) groups is 1. The summed E-state index contributed by atoms with van der Waals surface area (Å²) < 4.78 is 13.6. The van der Waals surface area contributed by atoms with Crippen molar-refractivity contribution in [3.05, 3.63) is 90.0 Å². The molecule has 132 valence electrons. The largest absolute Gasteiger partial charge is 0.350 e. The molecule has 0 unspecified atom stereocenters. The molecule has 1 heterocycles. The van der Waals surface area contributed by atoms with Gasteiger partial charge in [0.15, 0.2) is 0 Å². The van der Waals surface area contributed by atoms with Crippen LogP contribution in [0.5, 0.6) is 0 Å². The molecule has 0 aliphatic heterocycles. The molecule has 0 saturated heterocycles. The Hall–Kier alpha value is -3.21. The van der Waals surface area contributed by atoms with Crippen LogP contribution >= 0.6 is 0 Å². The number of carbonyl (C=O) groups excluding carboxylic acids is 1. The number of pyridine rings is 1. The summed E-state index contributed by atoms with van der Waals surface area (Å²) in [6.07, 6.45) is 2.04. The van der Waals surface area contributed by atoms with Gasteiger partial charge >= 0.3 is 0 Å². The number of hydrogen-bond donors (Lipinski definition) is 1. The SMILES string of the molecule is CN(c1ccccc1)c1ccnc(C(=O)NCCc2ccccc2F)c1. The third kappa shape index (κ3) is 4.25. The standard InChI is InChI=1S/C21H20FN3O/c1-25(17-8-3-2-4-9-17)18-12-14-23-20(15-18)21(26)24-13-11-16-7-5-6-10-19(16)22/h2-10,12,14-15H,11,13H2,1H3,(H,24,26). The van der Waals surface area contributed by atoms with E-state index in [0.29, 0.717) is 24.2 Å². The van der Waals surface area contributed by atoms with Crippen LogP contribution < -0.4 is 10.2 Å². The van der Waals surface area contributed by atoms with E-state index in [9.17, 15) is 9.18 Å². The molecule has 0 aliphatic rings. The summed E-state index contributed by atoms with van der Waals surface area (Å²) in [7, 11) is 1.94. The molecule has 4 nitrogen and oxygen atoms in total. The molecule has 2 aromatic carbocycles. The van der Waals surface area contributed by atoms with Crippen LogP contribution in [-0.4, -0.2) is 24.5 Å². The molecule has 0 spiro atoms. The molecule has 0 aliphatic carbocycles. The number of hydrogen-bond acceptors (Lipinski definition) is 3. The number of halogens is 1. The van der Waals surface area contributed by atoms with Gasteiger partial charge in [-0.3, -0.25) is 9.78 Å². The van der Waals surface area contributed by atoms with E-state index >= 15 is 0 Å². The van der Waals surface area contributed by atoms with Gasteiger partial charge in [-0.05, 0) is 42.3 Å². The third-order valence-corrected chi connectivity index (χ3v) is 4.14. The number of rotatable bonds is 6. The molecule has 0 bridgehead atoms. The van der Waals surface area contributed by atoms with Gasteiger partial charge in [0.2, 0.25) is 0 Å². The fraction of sp³-hybridized carbons (Fsp3) is 0.143. The fourth-order valence-corrected chi connectivity index (χ4v) is 2.66. The molecule has 3 rings (SSSR count). The zero-order valence-corrected chi connectivity index (χ0v) is 14.5. The Kier molecular flexibility index (Phi) is 5.59. The number of anilines is 2. The number of para-hydroxylation sites is 1. The molecule has 0 radical (unpaired) electrons. The maximum absolute atomic E-state index is 13.6. The lowest BCUT2D eigenvalue weighted by atomic mass is 10.1. The second kappa shape index (κ2) is 8.25. The third-order valence-electron chi connectivity index (χ3n) is 4.14. The summed E-state index contributed by atoms with van der Waals surface area (Å²) in [6, 6.07) is 20.0. The highest BCUT2D eigenvalue weighted by Crippen LogP contribution is 2.23. The quantitative estimate of drug-likeness (QED) is 0.733. The molecule has 0 atom stereocenters. The van der Waals surface area contributed by atoms with E-state index in [1.54, 1.807) is 30.5 Å². The van der Waals surface area contributed by atoms with Crippen molar-refractivity contribution in [3.63, 3.8) is 0 Å². The number of amides is 1. The topological polar surface area (TPSA) is 45.2 Å².